The first-order chi connectivity index (χ1) is 18.3. The number of aryl methyl sites for hydroxylation is 1. The first kappa shape index (κ1) is 25.4. The average molecular weight is 533 g/mol. The Morgan fingerprint density at radius 3 is 2.55 bits per heavy atom. The molecule has 0 bridgehead atoms. The van der Waals surface area contributed by atoms with Gasteiger partial charge in [0.2, 0.25) is 0 Å². The van der Waals surface area contributed by atoms with Gasteiger partial charge in [0.25, 0.3) is 5.78 Å². The molecule has 1 aromatic heterocycles. The third kappa shape index (κ3) is 4.50. The second-order valence-electron chi connectivity index (χ2n) is 8.90. The van der Waals surface area contributed by atoms with Gasteiger partial charge in [-0.15, -0.1) is 0 Å². The van der Waals surface area contributed by atoms with Gasteiger partial charge >= 0.3 is 5.91 Å². The van der Waals surface area contributed by atoms with Crippen LogP contribution in [0.25, 0.3) is 16.0 Å². The number of aliphatic hydroxyl groups is 1. The molecule has 0 radical (unpaired) electrons. The smallest absolute Gasteiger partial charge is 0.301 e. The second-order valence-corrected chi connectivity index (χ2v) is 9.91. The van der Waals surface area contributed by atoms with Crippen LogP contribution in [0, 0.1) is 12.7 Å². The zero-order valence-electron chi connectivity index (χ0n) is 21.0. The van der Waals surface area contributed by atoms with Gasteiger partial charge in [0.15, 0.2) is 16.6 Å². The molecule has 0 unspecified atom stereocenters. The molecular formula is C29H25FN2O5S. The molecule has 1 fully saturated rings. The number of benzene rings is 3. The molecule has 0 saturated carbocycles. The van der Waals surface area contributed by atoms with Crippen molar-refractivity contribution in [1.82, 2.24) is 4.98 Å². The van der Waals surface area contributed by atoms with Crippen molar-refractivity contribution in [3.63, 3.8) is 0 Å². The molecule has 2 heterocycles. The fourth-order valence-corrected chi connectivity index (χ4v) is 5.51. The quantitative estimate of drug-likeness (QED) is 0.174. The second kappa shape index (κ2) is 10.3. The summed E-state index contributed by atoms with van der Waals surface area (Å²) in [6, 6.07) is 14.9. The number of amides is 1. The Kier molecular flexibility index (Phi) is 6.86. The third-order valence-corrected chi connectivity index (χ3v) is 7.28. The Bertz CT molecular complexity index is 1580. The van der Waals surface area contributed by atoms with E-state index < -0.39 is 29.3 Å². The van der Waals surface area contributed by atoms with Crippen molar-refractivity contribution >= 4 is 44.1 Å². The molecule has 1 aliphatic rings. The van der Waals surface area contributed by atoms with Crippen LogP contribution in [0.2, 0.25) is 0 Å². The van der Waals surface area contributed by atoms with Crippen molar-refractivity contribution in [2.45, 2.75) is 26.3 Å². The van der Waals surface area contributed by atoms with E-state index in [-0.39, 0.29) is 11.1 Å². The maximum Gasteiger partial charge on any atom is 0.301 e. The molecule has 1 atom stereocenters. The Balaban J connectivity index is 1.71. The van der Waals surface area contributed by atoms with E-state index in [1.54, 1.807) is 18.2 Å². The van der Waals surface area contributed by atoms with Gasteiger partial charge in [0.05, 0.1) is 35.5 Å². The molecule has 194 valence electrons. The molecule has 1 amide bonds. The van der Waals surface area contributed by atoms with Crippen molar-refractivity contribution in [1.29, 1.82) is 0 Å². The summed E-state index contributed by atoms with van der Waals surface area (Å²) in [5.41, 5.74) is 2.33. The molecule has 9 heteroatoms. The van der Waals surface area contributed by atoms with Gasteiger partial charge in [-0.3, -0.25) is 14.5 Å². The standard InChI is InChI=1S/C29H25FN2O5S/c1-4-13-37-21-12-8-18(15-22(21)36-3)25-24(26(33)17-6-9-19(30)10-7-17)27(34)28(35)32(25)29-31-20-11-5-16(2)14-23(20)38-29/h5-12,14-15,25,33H,4,13H2,1-3H3/t25-/m0/s1. The number of methoxy groups -OCH3 is 1. The number of fused-ring (bicyclic) bond motifs is 1. The van der Waals surface area contributed by atoms with Gasteiger partial charge in [0.1, 0.15) is 11.6 Å². The number of thiazole rings is 1. The highest BCUT2D eigenvalue weighted by atomic mass is 32.1. The minimum atomic E-state index is -1.00. The zero-order valence-corrected chi connectivity index (χ0v) is 21.8. The predicted octanol–water partition coefficient (Wildman–Crippen LogP) is 6.17. The van der Waals surface area contributed by atoms with Crippen LogP contribution < -0.4 is 14.4 Å². The van der Waals surface area contributed by atoms with Gasteiger partial charge in [0, 0.05) is 5.56 Å². The van der Waals surface area contributed by atoms with Crippen LogP contribution in [-0.2, 0) is 9.59 Å². The number of halogens is 1. The largest absolute Gasteiger partial charge is 0.507 e. The Hall–Kier alpha value is -4.24. The molecule has 1 saturated heterocycles. The lowest BCUT2D eigenvalue weighted by atomic mass is 9.95. The number of aliphatic hydroxyl groups excluding tert-OH is 1. The number of rotatable bonds is 7. The number of hydrogen-bond acceptors (Lipinski definition) is 7. The lowest BCUT2D eigenvalue weighted by Crippen LogP contribution is -2.29. The van der Waals surface area contributed by atoms with Crippen LogP contribution in [0.1, 0.15) is 36.1 Å². The topological polar surface area (TPSA) is 89.0 Å². The Labute approximate surface area is 222 Å². The van der Waals surface area contributed by atoms with Crippen molar-refractivity contribution in [2.24, 2.45) is 0 Å². The summed E-state index contributed by atoms with van der Waals surface area (Å²) < 4.78 is 25.8. The van der Waals surface area contributed by atoms with Crippen LogP contribution in [0.5, 0.6) is 11.5 Å². The zero-order chi connectivity index (χ0) is 27.0. The molecule has 0 aliphatic carbocycles. The molecule has 7 nitrogen and oxygen atoms in total. The highest BCUT2D eigenvalue weighted by Gasteiger charge is 2.48. The summed E-state index contributed by atoms with van der Waals surface area (Å²) in [7, 11) is 1.50. The SMILES string of the molecule is CCCOc1ccc([C@H]2C(=C(O)c3ccc(F)cc3)C(=O)C(=O)N2c2nc3ccc(C)cc3s2)cc1OC. The van der Waals surface area contributed by atoms with Gasteiger partial charge in [-0.05, 0) is 73.0 Å². The van der Waals surface area contributed by atoms with E-state index in [2.05, 4.69) is 4.98 Å². The molecule has 38 heavy (non-hydrogen) atoms. The number of ether oxygens (including phenoxy) is 2. The number of nitrogens with zero attached hydrogens (tertiary/aromatic N) is 2. The van der Waals surface area contributed by atoms with Crippen LogP contribution in [0.4, 0.5) is 9.52 Å². The van der Waals surface area contributed by atoms with E-state index in [0.717, 1.165) is 16.7 Å². The molecule has 5 rings (SSSR count). The summed E-state index contributed by atoms with van der Waals surface area (Å²) >= 11 is 1.28. The van der Waals surface area contributed by atoms with E-state index in [0.29, 0.717) is 34.3 Å². The van der Waals surface area contributed by atoms with Crippen molar-refractivity contribution in [3.8, 4) is 11.5 Å². The normalized spacial score (nSPS) is 16.8. The monoisotopic (exact) mass is 532 g/mol. The minimum absolute atomic E-state index is 0.124. The van der Waals surface area contributed by atoms with E-state index >= 15 is 0 Å². The number of carbonyl (C=O) groups excluding carboxylic acids is 2. The first-order valence-electron chi connectivity index (χ1n) is 12.1. The van der Waals surface area contributed by atoms with Gasteiger partial charge in [-0.25, -0.2) is 9.37 Å². The van der Waals surface area contributed by atoms with E-state index in [9.17, 15) is 19.1 Å². The number of aromatic nitrogens is 1. The first-order valence-corrected chi connectivity index (χ1v) is 12.9. The number of hydrogen-bond donors (Lipinski definition) is 1. The van der Waals surface area contributed by atoms with Gasteiger partial charge in [-0.1, -0.05) is 30.4 Å². The molecule has 4 aromatic rings. The fourth-order valence-electron chi connectivity index (χ4n) is 4.42. The van der Waals surface area contributed by atoms with Crippen molar-refractivity contribution in [3.05, 3.63) is 88.7 Å². The number of Topliss-reactive ketones (excluding diaryl/α,β-unsaturated/α-hetero) is 1. The lowest BCUT2D eigenvalue weighted by molar-refractivity contribution is -0.132. The summed E-state index contributed by atoms with van der Waals surface area (Å²) in [6.07, 6.45) is 0.805. The number of ketones is 1. The molecule has 0 spiro atoms. The van der Waals surface area contributed by atoms with Crippen LogP contribution in [-0.4, -0.2) is 35.5 Å². The third-order valence-electron chi connectivity index (χ3n) is 6.27. The Morgan fingerprint density at radius 2 is 1.84 bits per heavy atom. The van der Waals surface area contributed by atoms with Crippen molar-refractivity contribution in [2.75, 3.05) is 18.6 Å². The number of carbonyl (C=O) groups is 2. The summed E-state index contributed by atoms with van der Waals surface area (Å²) in [6.45, 7) is 4.44. The number of anilines is 1. The van der Waals surface area contributed by atoms with E-state index in [1.165, 1.54) is 47.6 Å². The molecular weight excluding hydrogens is 507 g/mol. The Morgan fingerprint density at radius 1 is 1.08 bits per heavy atom. The highest BCUT2D eigenvalue weighted by molar-refractivity contribution is 7.22. The van der Waals surface area contributed by atoms with Crippen LogP contribution in [0.3, 0.4) is 0 Å². The lowest BCUT2D eigenvalue weighted by Gasteiger charge is -2.24. The summed E-state index contributed by atoms with van der Waals surface area (Å²) in [5.74, 6) is -1.64. The van der Waals surface area contributed by atoms with E-state index in [4.69, 9.17) is 9.47 Å². The summed E-state index contributed by atoms with van der Waals surface area (Å²) in [4.78, 5) is 32.8. The summed E-state index contributed by atoms with van der Waals surface area (Å²) in [5, 5.41) is 11.6. The maximum absolute atomic E-state index is 13.6. The van der Waals surface area contributed by atoms with Crippen molar-refractivity contribution < 1.29 is 28.6 Å². The predicted molar refractivity (Wildman–Crippen MR) is 144 cm³/mol. The highest BCUT2D eigenvalue weighted by Crippen LogP contribution is 2.46. The molecule has 1 aliphatic heterocycles. The van der Waals surface area contributed by atoms with Crippen LogP contribution in [0.15, 0.2) is 66.2 Å². The van der Waals surface area contributed by atoms with E-state index in [1.807, 2.05) is 32.0 Å². The van der Waals surface area contributed by atoms with Crippen LogP contribution >= 0.6 is 11.3 Å². The maximum atomic E-state index is 13.6. The minimum Gasteiger partial charge on any atom is -0.507 e. The van der Waals surface area contributed by atoms with Gasteiger partial charge in [-0.2, -0.15) is 0 Å². The average Bonchev–Trinajstić information content (AvgIpc) is 3.44. The molecule has 3 aromatic carbocycles. The van der Waals surface area contributed by atoms with Gasteiger partial charge < -0.3 is 14.6 Å². The fraction of sp³-hybridized carbons (Fsp3) is 0.207. The molecule has 1 N–H and O–H groups in total.